The smallest absolute Gasteiger partial charge is 0.471 e. The maximum absolute atomic E-state index is 13.2. The van der Waals surface area contributed by atoms with Crippen LogP contribution in [0, 0.1) is 0 Å². The lowest BCUT2D eigenvalue weighted by atomic mass is 9.56. The Kier molecular flexibility index (Phi) is 10.5. The van der Waals surface area contributed by atoms with Crippen LogP contribution in [-0.4, -0.2) is 82.1 Å². The van der Waals surface area contributed by atoms with Gasteiger partial charge in [-0.2, -0.15) is 13.2 Å². The van der Waals surface area contributed by atoms with E-state index in [-0.39, 0.29) is 18.4 Å². The fourth-order valence-electron chi connectivity index (χ4n) is 6.66. The number of amides is 1. The number of aromatic amines is 1. The lowest BCUT2D eigenvalue weighted by Gasteiger charge is -2.50. The summed E-state index contributed by atoms with van der Waals surface area (Å²) >= 11 is 0. The Morgan fingerprint density at radius 2 is 1.48 bits per heavy atom. The van der Waals surface area contributed by atoms with Crippen LogP contribution < -0.4 is 26.0 Å². The van der Waals surface area contributed by atoms with Crippen LogP contribution in [-0.2, 0) is 21.4 Å². The number of hydrogen-bond donors (Lipinski definition) is 5. The van der Waals surface area contributed by atoms with Gasteiger partial charge in [-0.05, 0) is 53.8 Å². The average Bonchev–Trinajstić information content (AvgIpc) is 3.37. The molecule has 4 atom stereocenters. The van der Waals surface area contributed by atoms with Gasteiger partial charge in [-0.15, -0.1) is 0 Å². The van der Waals surface area contributed by atoms with Crippen molar-refractivity contribution in [1.82, 2.24) is 14.9 Å². The van der Waals surface area contributed by atoms with Crippen LogP contribution >= 0.6 is 0 Å². The number of ether oxygens (including phenoxy) is 3. The number of hydrogen-bond acceptors (Lipinski definition) is 9. The minimum Gasteiger partial charge on any atom is -0.497 e. The standard InChI is InChI=1S/C35H36F3N3O9/c1-48-25-14-10-23(11-15-25)33(22-8-4-3-5-9-22,24-12-16-26(49-2)17-13-24)34(47)27(20-42)50-30(28(34)43)41-19-21(29(44)40-32(41)46)7-6-18-39-31(45)35(36,37)38/h3-5,8-17,19,27-28,30,42-43,47H,6-7,18,20H2,1-2H3,(H,39,45)(H,40,44,46)/t27-,28+,30-,34-/m1/s1. The number of methoxy groups -OCH3 is 2. The van der Waals surface area contributed by atoms with Crippen LogP contribution in [0.1, 0.15) is 34.9 Å². The fourth-order valence-corrected chi connectivity index (χ4v) is 6.66. The van der Waals surface area contributed by atoms with E-state index in [0.717, 1.165) is 10.8 Å². The van der Waals surface area contributed by atoms with Gasteiger partial charge in [0, 0.05) is 18.3 Å². The minimum atomic E-state index is -5.08. The molecule has 3 aromatic carbocycles. The number of carbonyl (C=O) groups excluding carboxylic acids is 1. The molecule has 4 aromatic rings. The van der Waals surface area contributed by atoms with Crippen molar-refractivity contribution in [2.24, 2.45) is 0 Å². The molecule has 1 amide bonds. The van der Waals surface area contributed by atoms with Crippen LogP contribution in [0.25, 0.3) is 0 Å². The van der Waals surface area contributed by atoms with Gasteiger partial charge in [-0.3, -0.25) is 19.1 Å². The molecule has 266 valence electrons. The van der Waals surface area contributed by atoms with Crippen LogP contribution in [0.2, 0.25) is 0 Å². The number of benzene rings is 3. The molecule has 50 heavy (non-hydrogen) atoms. The Hall–Kier alpha value is -4.96. The third-order valence-corrected chi connectivity index (χ3v) is 9.02. The quantitative estimate of drug-likeness (QED) is 0.110. The molecular weight excluding hydrogens is 663 g/mol. The predicted octanol–water partition coefficient (Wildman–Crippen LogP) is 2.18. The van der Waals surface area contributed by atoms with E-state index in [1.807, 2.05) is 0 Å². The monoisotopic (exact) mass is 699 g/mol. The van der Waals surface area contributed by atoms with E-state index in [1.165, 1.54) is 14.2 Å². The first kappa shape index (κ1) is 36.3. The highest BCUT2D eigenvalue weighted by Gasteiger charge is 2.68. The van der Waals surface area contributed by atoms with Crippen molar-refractivity contribution in [3.8, 4) is 11.5 Å². The number of aryl methyl sites for hydroxylation is 1. The number of alkyl halides is 3. The van der Waals surface area contributed by atoms with Crippen LogP contribution in [0.4, 0.5) is 13.2 Å². The molecule has 0 unspecified atom stereocenters. The molecule has 2 heterocycles. The van der Waals surface area contributed by atoms with Crippen molar-refractivity contribution in [1.29, 1.82) is 0 Å². The molecule has 1 aliphatic rings. The minimum absolute atomic E-state index is 0.0720. The van der Waals surface area contributed by atoms with E-state index in [4.69, 9.17) is 14.2 Å². The first-order valence-corrected chi connectivity index (χ1v) is 15.5. The number of halogens is 3. The van der Waals surface area contributed by atoms with Gasteiger partial charge < -0.3 is 34.8 Å². The summed E-state index contributed by atoms with van der Waals surface area (Å²) in [5, 5.41) is 37.9. The van der Waals surface area contributed by atoms with E-state index in [0.29, 0.717) is 28.2 Å². The van der Waals surface area contributed by atoms with Crippen molar-refractivity contribution in [3.63, 3.8) is 0 Å². The van der Waals surface area contributed by atoms with E-state index >= 15 is 0 Å². The maximum atomic E-state index is 13.2. The van der Waals surface area contributed by atoms with Gasteiger partial charge in [0.1, 0.15) is 29.3 Å². The van der Waals surface area contributed by atoms with Crippen molar-refractivity contribution < 1.29 is 47.5 Å². The summed E-state index contributed by atoms with van der Waals surface area (Å²) in [5.41, 5.74) is -4.69. The average molecular weight is 700 g/mol. The zero-order valence-electron chi connectivity index (χ0n) is 27.0. The van der Waals surface area contributed by atoms with Gasteiger partial charge in [0.15, 0.2) is 6.23 Å². The van der Waals surface area contributed by atoms with E-state index in [1.54, 1.807) is 84.2 Å². The number of nitrogens with zero attached hydrogens (tertiary/aromatic N) is 1. The highest BCUT2D eigenvalue weighted by Crippen LogP contribution is 2.56. The first-order valence-electron chi connectivity index (χ1n) is 15.5. The molecule has 0 bridgehead atoms. The molecule has 5 rings (SSSR count). The van der Waals surface area contributed by atoms with Crippen LogP contribution in [0.15, 0.2) is 94.6 Å². The Labute approximate surface area is 283 Å². The number of aliphatic hydroxyl groups excluding tert-OH is 2. The molecular formula is C35H36F3N3O9. The normalized spacial score (nSPS) is 20.8. The number of aromatic nitrogens is 2. The summed E-state index contributed by atoms with van der Waals surface area (Å²) in [5.74, 6) is -1.13. The molecule has 15 heteroatoms. The molecule has 1 aliphatic heterocycles. The Morgan fingerprint density at radius 3 is 1.98 bits per heavy atom. The van der Waals surface area contributed by atoms with Crippen molar-refractivity contribution in [2.45, 2.75) is 48.5 Å². The van der Waals surface area contributed by atoms with E-state index < -0.39 is 65.9 Å². The SMILES string of the molecule is COc1ccc(C(c2ccccc2)(c2ccc(OC)cc2)[C@@]2(O)[C@@H](CO)O[C@@H](n3cc(CCCNC(=O)C(F)(F)F)c(=O)[nH]c3=O)[C@@H]2O)cc1. The summed E-state index contributed by atoms with van der Waals surface area (Å²) in [4.78, 5) is 39.2. The summed E-state index contributed by atoms with van der Waals surface area (Å²) in [7, 11) is 2.98. The van der Waals surface area contributed by atoms with Crippen LogP contribution in [0.5, 0.6) is 11.5 Å². The summed E-state index contributed by atoms with van der Waals surface area (Å²) in [6.07, 6.45) is -9.47. The molecule has 0 aliphatic carbocycles. The lowest BCUT2D eigenvalue weighted by molar-refractivity contribution is -0.173. The number of nitrogens with one attached hydrogen (secondary N) is 2. The van der Waals surface area contributed by atoms with Gasteiger partial charge >= 0.3 is 17.8 Å². The highest BCUT2D eigenvalue weighted by atomic mass is 19.4. The first-order chi connectivity index (χ1) is 23.8. The third kappa shape index (κ3) is 6.40. The zero-order valence-corrected chi connectivity index (χ0v) is 27.0. The third-order valence-electron chi connectivity index (χ3n) is 9.02. The molecule has 1 saturated heterocycles. The second kappa shape index (κ2) is 14.5. The van der Waals surface area contributed by atoms with Crippen molar-refractivity contribution in [2.75, 3.05) is 27.4 Å². The Morgan fingerprint density at radius 1 is 0.940 bits per heavy atom. The van der Waals surface area contributed by atoms with Crippen molar-refractivity contribution >= 4 is 5.91 Å². The number of carbonyl (C=O) groups is 1. The van der Waals surface area contributed by atoms with Crippen molar-refractivity contribution in [3.05, 3.63) is 128 Å². The molecule has 0 spiro atoms. The maximum Gasteiger partial charge on any atom is 0.471 e. The zero-order chi connectivity index (χ0) is 36.3. The molecule has 0 saturated carbocycles. The second-order valence-corrected chi connectivity index (χ2v) is 11.7. The molecule has 1 fully saturated rings. The van der Waals surface area contributed by atoms with Crippen LogP contribution in [0.3, 0.4) is 0 Å². The highest BCUT2D eigenvalue weighted by molar-refractivity contribution is 5.81. The topological polar surface area (TPSA) is 172 Å². The van der Waals surface area contributed by atoms with E-state index in [2.05, 4.69) is 4.98 Å². The van der Waals surface area contributed by atoms with E-state index in [9.17, 15) is 42.9 Å². The number of rotatable bonds is 12. The largest absolute Gasteiger partial charge is 0.497 e. The number of aliphatic hydroxyl groups is 3. The van der Waals surface area contributed by atoms with Gasteiger partial charge in [-0.1, -0.05) is 54.6 Å². The van der Waals surface area contributed by atoms with Gasteiger partial charge in [0.05, 0.1) is 26.2 Å². The second-order valence-electron chi connectivity index (χ2n) is 11.7. The predicted molar refractivity (Wildman–Crippen MR) is 173 cm³/mol. The summed E-state index contributed by atoms with van der Waals surface area (Å²) in [6.45, 7) is -1.25. The molecule has 0 radical (unpaired) electrons. The van der Waals surface area contributed by atoms with Gasteiger partial charge in [0.25, 0.3) is 5.56 Å². The molecule has 5 N–H and O–H groups in total. The van der Waals surface area contributed by atoms with Gasteiger partial charge in [-0.25, -0.2) is 4.79 Å². The fraction of sp³-hybridized carbons (Fsp3) is 0.343. The van der Waals surface area contributed by atoms with Gasteiger partial charge in [0.2, 0.25) is 0 Å². The molecule has 12 nitrogen and oxygen atoms in total. The Bertz CT molecular complexity index is 1850. The Balaban J connectivity index is 1.66. The summed E-state index contributed by atoms with van der Waals surface area (Å²) < 4.78 is 55.5. The molecule has 1 aromatic heterocycles. The lowest BCUT2D eigenvalue weighted by Crippen LogP contribution is -2.64. The summed E-state index contributed by atoms with van der Waals surface area (Å²) in [6, 6.07) is 22.2. The number of H-pyrrole nitrogens is 1.